The maximum Gasteiger partial charge on any atom is 0.165 e. The number of methoxy groups -OCH3 is 1. The van der Waals surface area contributed by atoms with Crippen molar-refractivity contribution in [3.63, 3.8) is 0 Å². The van der Waals surface area contributed by atoms with Crippen molar-refractivity contribution < 1.29 is 9.47 Å². The zero-order valence-corrected chi connectivity index (χ0v) is 18.6. The second-order valence-electron chi connectivity index (χ2n) is 6.24. The number of fused-ring (bicyclic) bond motifs is 1. The first-order chi connectivity index (χ1) is 13.0. The van der Waals surface area contributed by atoms with E-state index in [1.54, 1.807) is 7.11 Å². The average Bonchev–Trinajstić information content (AvgIpc) is 2.98. The van der Waals surface area contributed by atoms with Crippen LogP contribution in [0.4, 0.5) is 5.82 Å². The summed E-state index contributed by atoms with van der Waals surface area (Å²) in [5, 5.41) is 4.81. The molecule has 7 heteroatoms. The van der Waals surface area contributed by atoms with Crippen LogP contribution in [0.5, 0.6) is 11.5 Å². The topological polar surface area (TPSA) is 51.9 Å². The molecule has 0 radical (unpaired) electrons. The Labute approximate surface area is 173 Å². The van der Waals surface area contributed by atoms with Gasteiger partial charge >= 0.3 is 0 Å². The van der Waals surface area contributed by atoms with E-state index in [2.05, 4.69) is 47.4 Å². The summed E-state index contributed by atoms with van der Waals surface area (Å²) in [7, 11) is 1.67. The maximum absolute atomic E-state index is 5.65. The molecule has 0 unspecified atom stereocenters. The van der Waals surface area contributed by atoms with Crippen LogP contribution in [0, 0.1) is 13.8 Å². The first-order valence-electron chi connectivity index (χ1n) is 9.03. The number of hydrogen-bond donors (Lipinski definition) is 0. The third kappa shape index (κ3) is 3.69. The monoisotopic (exact) mass is 480 g/mol. The standard InChI is InChI=1S/C20H25IN4O2/c1-6-24(7-2)18-10-13(3)22-20-19(14(4)23-25(18)20)16-9-8-15(27-12-21)11-17(16)26-5/h8-11H,6-7,12H2,1-5H3. The molecule has 0 aliphatic carbocycles. The minimum Gasteiger partial charge on any atom is -0.496 e. The van der Waals surface area contributed by atoms with Crippen LogP contribution in [0.15, 0.2) is 24.3 Å². The van der Waals surface area contributed by atoms with Gasteiger partial charge in [0.25, 0.3) is 0 Å². The molecule has 3 aromatic rings. The smallest absolute Gasteiger partial charge is 0.165 e. The van der Waals surface area contributed by atoms with Gasteiger partial charge in [0.1, 0.15) is 21.9 Å². The summed E-state index contributed by atoms with van der Waals surface area (Å²) in [6.45, 7) is 10.2. The lowest BCUT2D eigenvalue weighted by Gasteiger charge is -2.22. The van der Waals surface area contributed by atoms with Crippen molar-refractivity contribution in [2.45, 2.75) is 27.7 Å². The van der Waals surface area contributed by atoms with E-state index >= 15 is 0 Å². The van der Waals surface area contributed by atoms with Crippen molar-refractivity contribution in [2.75, 3.05) is 29.7 Å². The van der Waals surface area contributed by atoms with Crippen LogP contribution < -0.4 is 14.4 Å². The summed E-state index contributed by atoms with van der Waals surface area (Å²) in [5.41, 5.74) is 4.69. The van der Waals surface area contributed by atoms with Gasteiger partial charge in [0, 0.05) is 36.5 Å². The van der Waals surface area contributed by atoms with E-state index in [-0.39, 0.29) is 0 Å². The molecular weight excluding hydrogens is 455 g/mol. The zero-order chi connectivity index (χ0) is 19.6. The van der Waals surface area contributed by atoms with Crippen LogP contribution >= 0.6 is 22.6 Å². The van der Waals surface area contributed by atoms with Crippen LogP contribution in [-0.4, -0.2) is 39.4 Å². The highest BCUT2D eigenvalue weighted by atomic mass is 127. The van der Waals surface area contributed by atoms with Gasteiger partial charge in [0.15, 0.2) is 5.65 Å². The minimum absolute atomic E-state index is 0.587. The number of aromatic nitrogens is 3. The number of nitrogens with zero attached hydrogens (tertiary/aromatic N) is 4. The predicted octanol–water partition coefficient (Wildman–Crippen LogP) is 4.64. The Morgan fingerprint density at radius 3 is 2.52 bits per heavy atom. The van der Waals surface area contributed by atoms with Crippen LogP contribution in [0.1, 0.15) is 25.2 Å². The van der Waals surface area contributed by atoms with Crippen LogP contribution in [0.25, 0.3) is 16.8 Å². The highest BCUT2D eigenvalue weighted by molar-refractivity contribution is 14.1. The predicted molar refractivity (Wildman–Crippen MR) is 118 cm³/mol. The van der Waals surface area contributed by atoms with Gasteiger partial charge in [-0.15, -0.1) is 0 Å². The molecule has 0 amide bonds. The normalized spacial score (nSPS) is 11.0. The van der Waals surface area contributed by atoms with Gasteiger partial charge in [-0.1, -0.05) is 0 Å². The molecule has 0 atom stereocenters. The van der Waals surface area contributed by atoms with Gasteiger partial charge < -0.3 is 14.4 Å². The van der Waals surface area contributed by atoms with E-state index in [0.717, 1.165) is 58.6 Å². The third-order valence-corrected chi connectivity index (χ3v) is 4.94. The maximum atomic E-state index is 5.65. The molecule has 0 aliphatic heterocycles. The molecule has 0 aliphatic rings. The van der Waals surface area contributed by atoms with Crippen molar-refractivity contribution in [1.82, 2.24) is 14.6 Å². The van der Waals surface area contributed by atoms with E-state index in [4.69, 9.17) is 19.6 Å². The Morgan fingerprint density at radius 1 is 1.15 bits per heavy atom. The van der Waals surface area contributed by atoms with E-state index in [0.29, 0.717) is 4.61 Å². The van der Waals surface area contributed by atoms with Gasteiger partial charge in [-0.2, -0.15) is 9.61 Å². The third-order valence-electron chi connectivity index (χ3n) is 4.62. The van der Waals surface area contributed by atoms with Gasteiger partial charge in [0.05, 0.1) is 18.4 Å². The molecular formula is C20H25IN4O2. The molecule has 2 aromatic heterocycles. The quantitative estimate of drug-likeness (QED) is 0.365. The highest BCUT2D eigenvalue weighted by Crippen LogP contribution is 2.38. The summed E-state index contributed by atoms with van der Waals surface area (Å²) in [6, 6.07) is 7.98. The molecule has 0 saturated heterocycles. The molecule has 0 spiro atoms. The minimum atomic E-state index is 0.587. The molecule has 3 rings (SSSR count). The molecule has 0 fully saturated rings. The summed E-state index contributed by atoms with van der Waals surface area (Å²) in [5.74, 6) is 2.59. The Kier molecular flexibility index (Phi) is 6.08. The highest BCUT2D eigenvalue weighted by Gasteiger charge is 2.20. The first kappa shape index (κ1) is 19.7. The molecule has 6 nitrogen and oxygen atoms in total. The fraction of sp³-hybridized carbons (Fsp3) is 0.400. The lowest BCUT2D eigenvalue weighted by molar-refractivity contribution is 0.389. The largest absolute Gasteiger partial charge is 0.496 e. The van der Waals surface area contributed by atoms with E-state index in [1.165, 1.54) is 0 Å². The number of ether oxygens (including phenoxy) is 2. The van der Waals surface area contributed by atoms with Crippen molar-refractivity contribution in [3.8, 4) is 22.6 Å². The number of benzene rings is 1. The molecule has 27 heavy (non-hydrogen) atoms. The molecule has 0 bridgehead atoms. The second kappa shape index (κ2) is 8.33. The van der Waals surface area contributed by atoms with E-state index < -0.39 is 0 Å². The molecule has 144 valence electrons. The molecule has 0 saturated carbocycles. The van der Waals surface area contributed by atoms with Gasteiger partial charge in [-0.25, -0.2) is 4.98 Å². The molecule has 1 aromatic carbocycles. The van der Waals surface area contributed by atoms with Crippen molar-refractivity contribution in [2.24, 2.45) is 0 Å². The number of halogens is 1. The summed E-state index contributed by atoms with van der Waals surface area (Å²) < 4.78 is 13.8. The van der Waals surface area contributed by atoms with Crippen molar-refractivity contribution in [1.29, 1.82) is 0 Å². The Balaban J connectivity index is 2.26. The van der Waals surface area contributed by atoms with Gasteiger partial charge in [-0.3, -0.25) is 0 Å². The van der Waals surface area contributed by atoms with Crippen molar-refractivity contribution in [3.05, 3.63) is 35.7 Å². The zero-order valence-electron chi connectivity index (χ0n) is 16.4. The Hall–Kier alpha value is -2.03. The van der Waals surface area contributed by atoms with Crippen LogP contribution in [0.2, 0.25) is 0 Å². The second-order valence-corrected chi connectivity index (χ2v) is 6.86. The van der Waals surface area contributed by atoms with E-state index in [9.17, 15) is 0 Å². The fourth-order valence-corrected chi connectivity index (χ4v) is 3.70. The molecule has 2 heterocycles. The van der Waals surface area contributed by atoms with Gasteiger partial charge in [0.2, 0.25) is 0 Å². The number of hydrogen-bond acceptors (Lipinski definition) is 5. The Bertz CT molecular complexity index is 951. The SMILES string of the molecule is CCN(CC)c1cc(C)nc2c(-c3ccc(OCI)cc3OC)c(C)nn12. The number of anilines is 1. The Morgan fingerprint density at radius 2 is 1.89 bits per heavy atom. The van der Waals surface area contributed by atoms with Crippen molar-refractivity contribution >= 4 is 34.1 Å². The fourth-order valence-electron chi connectivity index (χ4n) is 3.34. The summed E-state index contributed by atoms with van der Waals surface area (Å²) in [6.07, 6.45) is 0. The van der Waals surface area contributed by atoms with E-state index in [1.807, 2.05) is 36.6 Å². The van der Waals surface area contributed by atoms with Gasteiger partial charge in [-0.05, 0) is 62.4 Å². The lowest BCUT2D eigenvalue weighted by Crippen LogP contribution is -2.25. The van der Waals surface area contributed by atoms with Crippen LogP contribution in [-0.2, 0) is 0 Å². The number of rotatable bonds is 7. The number of aryl methyl sites for hydroxylation is 2. The average molecular weight is 480 g/mol. The number of alkyl halides is 1. The summed E-state index contributed by atoms with van der Waals surface area (Å²) >= 11 is 2.18. The summed E-state index contributed by atoms with van der Waals surface area (Å²) in [4.78, 5) is 7.09. The first-order valence-corrected chi connectivity index (χ1v) is 10.6. The lowest BCUT2D eigenvalue weighted by atomic mass is 10.0. The van der Waals surface area contributed by atoms with Crippen LogP contribution in [0.3, 0.4) is 0 Å². The molecule has 0 N–H and O–H groups in total.